The molecule has 0 saturated carbocycles. The van der Waals surface area contributed by atoms with E-state index >= 15 is 0 Å². The zero-order chi connectivity index (χ0) is 13.7. The minimum Gasteiger partial charge on any atom is -0.307 e. The van der Waals surface area contributed by atoms with Crippen molar-refractivity contribution in [1.82, 2.24) is 25.5 Å². The smallest absolute Gasteiger partial charge is 0.173 e. The summed E-state index contributed by atoms with van der Waals surface area (Å²) in [4.78, 5) is 1.23. The van der Waals surface area contributed by atoms with Crippen LogP contribution in [0, 0.1) is 0 Å². The monoisotopic (exact) mass is 277 g/mol. The first kappa shape index (κ1) is 14.0. The quantitative estimate of drug-likeness (QED) is 0.822. The molecule has 0 aliphatic rings. The number of thioether (sulfide) groups is 1. The maximum absolute atomic E-state index is 4.12. The van der Waals surface area contributed by atoms with E-state index in [1.807, 2.05) is 12.1 Å². The van der Waals surface area contributed by atoms with Gasteiger partial charge in [-0.05, 0) is 60.8 Å². The predicted molar refractivity (Wildman–Crippen MR) is 77.6 cm³/mol. The van der Waals surface area contributed by atoms with Crippen LogP contribution in [0.5, 0.6) is 0 Å². The van der Waals surface area contributed by atoms with Crippen molar-refractivity contribution in [3.8, 4) is 5.69 Å². The average molecular weight is 277 g/mol. The minimum absolute atomic E-state index is 0.134. The fourth-order valence-electron chi connectivity index (χ4n) is 1.82. The van der Waals surface area contributed by atoms with Gasteiger partial charge in [-0.2, -0.15) is 4.68 Å². The summed E-state index contributed by atoms with van der Waals surface area (Å²) >= 11 is 1.72. The fourth-order valence-corrected chi connectivity index (χ4v) is 2.23. The van der Waals surface area contributed by atoms with Gasteiger partial charge in [0.15, 0.2) is 5.82 Å². The van der Waals surface area contributed by atoms with Crippen molar-refractivity contribution in [2.24, 2.45) is 0 Å². The Kier molecular flexibility index (Phi) is 4.93. The van der Waals surface area contributed by atoms with E-state index in [9.17, 15) is 0 Å². The van der Waals surface area contributed by atoms with Gasteiger partial charge in [-0.15, -0.1) is 16.9 Å². The van der Waals surface area contributed by atoms with Gasteiger partial charge >= 0.3 is 0 Å². The number of nitrogens with zero attached hydrogens (tertiary/aromatic N) is 4. The summed E-state index contributed by atoms with van der Waals surface area (Å²) in [6.07, 6.45) is 3.16. The van der Waals surface area contributed by atoms with Crippen molar-refractivity contribution in [1.29, 1.82) is 0 Å². The molecule has 0 saturated heterocycles. The van der Waals surface area contributed by atoms with Crippen molar-refractivity contribution in [2.45, 2.75) is 31.2 Å². The molecule has 0 aliphatic heterocycles. The molecule has 2 rings (SSSR count). The highest BCUT2D eigenvalue weighted by Crippen LogP contribution is 2.18. The summed E-state index contributed by atoms with van der Waals surface area (Å²) < 4.78 is 1.79. The van der Waals surface area contributed by atoms with E-state index in [2.05, 4.69) is 53.1 Å². The fraction of sp³-hybridized carbons (Fsp3) is 0.462. The number of hydrogen-bond acceptors (Lipinski definition) is 5. The molecule has 102 valence electrons. The molecule has 1 unspecified atom stereocenters. The molecule has 1 aromatic heterocycles. The predicted octanol–water partition coefficient (Wildman–Crippen LogP) is 2.44. The van der Waals surface area contributed by atoms with Crippen molar-refractivity contribution in [3.63, 3.8) is 0 Å². The summed E-state index contributed by atoms with van der Waals surface area (Å²) in [5.74, 6) is 0.838. The van der Waals surface area contributed by atoms with Gasteiger partial charge in [0.2, 0.25) is 0 Å². The second-order valence-electron chi connectivity index (χ2n) is 4.32. The highest BCUT2D eigenvalue weighted by molar-refractivity contribution is 7.98. The van der Waals surface area contributed by atoms with Crippen LogP contribution in [0.15, 0.2) is 29.2 Å². The lowest BCUT2D eigenvalue weighted by Crippen LogP contribution is -2.22. The summed E-state index contributed by atoms with van der Waals surface area (Å²) in [5, 5.41) is 15.4. The topological polar surface area (TPSA) is 55.6 Å². The lowest BCUT2D eigenvalue weighted by Gasteiger charge is -2.12. The molecule has 6 heteroatoms. The Hall–Kier alpha value is -1.40. The third-order valence-corrected chi connectivity index (χ3v) is 3.64. The molecule has 0 fully saturated rings. The van der Waals surface area contributed by atoms with Crippen molar-refractivity contribution in [3.05, 3.63) is 30.1 Å². The Bertz CT molecular complexity index is 508. The summed E-state index contributed by atoms with van der Waals surface area (Å²) in [6, 6.07) is 8.37. The van der Waals surface area contributed by atoms with Gasteiger partial charge in [0.1, 0.15) is 0 Å². The normalized spacial score (nSPS) is 12.6. The molecular formula is C13H19N5S. The molecule has 0 radical (unpaired) electrons. The van der Waals surface area contributed by atoms with Crippen molar-refractivity contribution in [2.75, 3.05) is 12.8 Å². The van der Waals surface area contributed by atoms with Crippen LogP contribution in [-0.4, -0.2) is 33.0 Å². The Morgan fingerprint density at radius 2 is 2.05 bits per heavy atom. The second kappa shape index (κ2) is 6.68. The zero-order valence-corrected chi connectivity index (χ0v) is 12.3. The van der Waals surface area contributed by atoms with E-state index in [0.717, 1.165) is 24.5 Å². The van der Waals surface area contributed by atoms with Crippen LogP contribution in [-0.2, 0) is 0 Å². The van der Waals surface area contributed by atoms with Crippen LogP contribution in [0.4, 0.5) is 0 Å². The zero-order valence-electron chi connectivity index (χ0n) is 11.5. The van der Waals surface area contributed by atoms with E-state index in [1.54, 1.807) is 16.4 Å². The maximum Gasteiger partial charge on any atom is 0.173 e. The summed E-state index contributed by atoms with van der Waals surface area (Å²) in [5.41, 5.74) is 0.989. The third-order valence-electron chi connectivity index (χ3n) is 2.90. The van der Waals surface area contributed by atoms with Crippen LogP contribution in [0.1, 0.15) is 32.1 Å². The molecule has 1 N–H and O–H groups in total. The molecule has 5 nitrogen and oxygen atoms in total. The van der Waals surface area contributed by atoms with Crippen molar-refractivity contribution >= 4 is 11.8 Å². The highest BCUT2D eigenvalue weighted by atomic mass is 32.2. The van der Waals surface area contributed by atoms with E-state index in [-0.39, 0.29) is 6.04 Å². The Balaban J connectivity index is 2.22. The van der Waals surface area contributed by atoms with Gasteiger partial charge < -0.3 is 5.32 Å². The van der Waals surface area contributed by atoms with Gasteiger partial charge in [-0.3, -0.25) is 0 Å². The summed E-state index contributed by atoms with van der Waals surface area (Å²) in [6.45, 7) is 5.18. The van der Waals surface area contributed by atoms with Crippen molar-refractivity contribution < 1.29 is 0 Å². The molecule has 0 spiro atoms. The first-order valence-electron chi connectivity index (χ1n) is 6.42. The van der Waals surface area contributed by atoms with Gasteiger partial charge in [0.05, 0.1) is 11.7 Å². The Morgan fingerprint density at radius 3 is 2.68 bits per heavy atom. The first-order valence-corrected chi connectivity index (χ1v) is 7.64. The highest BCUT2D eigenvalue weighted by Gasteiger charge is 2.14. The number of nitrogens with one attached hydrogen (secondary N) is 1. The average Bonchev–Trinajstić information content (AvgIpc) is 2.94. The first-order chi connectivity index (χ1) is 9.26. The van der Waals surface area contributed by atoms with Gasteiger partial charge in [-0.1, -0.05) is 6.92 Å². The Morgan fingerprint density at radius 1 is 1.32 bits per heavy atom. The number of hydrogen-bond donors (Lipinski definition) is 1. The standard InChI is InChI=1S/C13H19N5S/c1-4-9-14-10(2)13-15-16-17-18(13)11-5-7-12(19-3)8-6-11/h5-8,10,14H,4,9H2,1-3H3. The SMILES string of the molecule is CCCNC(C)c1nnnn1-c1ccc(SC)cc1. The van der Waals surface area contributed by atoms with Crippen LogP contribution in [0.3, 0.4) is 0 Å². The van der Waals surface area contributed by atoms with Gasteiger partial charge in [-0.25, -0.2) is 0 Å². The maximum atomic E-state index is 4.12. The molecule has 0 aliphatic carbocycles. The largest absolute Gasteiger partial charge is 0.307 e. The molecule has 2 aromatic rings. The lowest BCUT2D eigenvalue weighted by atomic mass is 10.2. The van der Waals surface area contributed by atoms with E-state index in [1.165, 1.54) is 4.90 Å². The number of benzene rings is 1. The minimum atomic E-state index is 0.134. The summed E-state index contributed by atoms with van der Waals surface area (Å²) in [7, 11) is 0. The van der Waals surface area contributed by atoms with E-state index < -0.39 is 0 Å². The molecule has 19 heavy (non-hydrogen) atoms. The lowest BCUT2D eigenvalue weighted by molar-refractivity contribution is 0.531. The third kappa shape index (κ3) is 3.33. The molecule has 1 heterocycles. The van der Waals surface area contributed by atoms with Crippen LogP contribution in [0.25, 0.3) is 5.69 Å². The Labute approximate surface area is 117 Å². The van der Waals surface area contributed by atoms with Crippen LogP contribution in [0.2, 0.25) is 0 Å². The van der Waals surface area contributed by atoms with E-state index in [4.69, 9.17) is 0 Å². The van der Waals surface area contributed by atoms with E-state index in [0.29, 0.717) is 0 Å². The molecule has 1 aromatic carbocycles. The number of tetrazole rings is 1. The van der Waals surface area contributed by atoms with Crippen LogP contribution >= 0.6 is 11.8 Å². The molecule has 0 amide bonds. The van der Waals surface area contributed by atoms with Crippen LogP contribution < -0.4 is 5.32 Å². The van der Waals surface area contributed by atoms with Gasteiger partial charge in [0, 0.05) is 4.90 Å². The molecule has 0 bridgehead atoms. The molecular weight excluding hydrogens is 258 g/mol. The molecule has 1 atom stereocenters. The second-order valence-corrected chi connectivity index (χ2v) is 5.20. The number of rotatable bonds is 6. The number of aromatic nitrogens is 4. The van der Waals surface area contributed by atoms with Gasteiger partial charge in [0.25, 0.3) is 0 Å².